The Hall–Kier alpha value is -1.59. The van der Waals surface area contributed by atoms with Crippen LogP contribution < -0.4 is 10.5 Å². The number of carbonyl (C=O) groups excluding carboxylic acids is 1. The molecule has 1 atom stereocenters. The van der Waals surface area contributed by atoms with E-state index in [0.29, 0.717) is 5.75 Å². The highest BCUT2D eigenvalue weighted by Gasteiger charge is 2.13. The summed E-state index contributed by atoms with van der Waals surface area (Å²) in [7, 11) is 0. The molecule has 1 aromatic carbocycles. The first-order valence-corrected chi connectivity index (χ1v) is 6.50. The molecule has 1 fully saturated rings. The number of hydrogen-bond acceptors (Lipinski definition) is 4. The van der Waals surface area contributed by atoms with Crippen molar-refractivity contribution in [2.45, 2.75) is 19.6 Å². The molecule has 1 aliphatic rings. The van der Waals surface area contributed by atoms with Crippen molar-refractivity contribution in [2.24, 2.45) is 5.73 Å². The van der Waals surface area contributed by atoms with Gasteiger partial charge in [-0.3, -0.25) is 9.69 Å². The second kappa shape index (κ2) is 6.54. The standard InChI is InChI=1S/C14H20N2O3/c1-11(14(15)17)19-13-4-2-3-12(9-13)10-16-5-7-18-8-6-16/h2-4,9,11H,5-8,10H2,1H3,(H2,15,17). The Bertz CT molecular complexity index is 430. The van der Waals surface area contributed by atoms with Gasteiger partial charge in [-0.15, -0.1) is 0 Å². The third kappa shape index (κ3) is 4.22. The van der Waals surface area contributed by atoms with Crippen molar-refractivity contribution < 1.29 is 14.3 Å². The Labute approximate surface area is 113 Å². The van der Waals surface area contributed by atoms with Gasteiger partial charge in [-0.25, -0.2) is 0 Å². The van der Waals surface area contributed by atoms with Gasteiger partial charge in [-0.2, -0.15) is 0 Å². The van der Waals surface area contributed by atoms with E-state index in [1.807, 2.05) is 18.2 Å². The molecule has 19 heavy (non-hydrogen) atoms. The van der Waals surface area contributed by atoms with Crippen LogP contribution in [0.1, 0.15) is 12.5 Å². The first-order valence-electron chi connectivity index (χ1n) is 6.50. The molecule has 0 aromatic heterocycles. The first-order chi connectivity index (χ1) is 9.15. The number of primary amides is 1. The topological polar surface area (TPSA) is 64.8 Å². The van der Waals surface area contributed by atoms with Gasteiger partial charge in [0.2, 0.25) is 0 Å². The van der Waals surface area contributed by atoms with Gasteiger partial charge in [0.05, 0.1) is 13.2 Å². The third-order valence-corrected chi connectivity index (χ3v) is 3.12. The monoisotopic (exact) mass is 264 g/mol. The molecule has 0 aliphatic carbocycles. The predicted octanol–water partition coefficient (Wildman–Crippen LogP) is 0.771. The van der Waals surface area contributed by atoms with E-state index in [4.69, 9.17) is 15.2 Å². The molecule has 0 saturated carbocycles. The summed E-state index contributed by atoms with van der Waals surface area (Å²) in [6, 6.07) is 7.77. The average molecular weight is 264 g/mol. The van der Waals surface area contributed by atoms with Gasteiger partial charge >= 0.3 is 0 Å². The van der Waals surface area contributed by atoms with Crippen LogP contribution in [0.2, 0.25) is 0 Å². The molecule has 5 nitrogen and oxygen atoms in total. The first kappa shape index (κ1) is 13.8. The maximum absolute atomic E-state index is 11.0. The fourth-order valence-electron chi connectivity index (χ4n) is 2.00. The van der Waals surface area contributed by atoms with Crippen molar-refractivity contribution in [3.05, 3.63) is 29.8 Å². The lowest BCUT2D eigenvalue weighted by molar-refractivity contribution is -0.123. The van der Waals surface area contributed by atoms with Gasteiger partial charge in [0.25, 0.3) is 5.91 Å². The highest BCUT2D eigenvalue weighted by atomic mass is 16.5. The van der Waals surface area contributed by atoms with Crippen LogP contribution in [0.25, 0.3) is 0 Å². The quantitative estimate of drug-likeness (QED) is 0.853. The molecular formula is C14H20N2O3. The van der Waals surface area contributed by atoms with E-state index in [1.165, 1.54) is 0 Å². The molecule has 0 radical (unpaired) electrons. The largest absolute Gasteiger partial charge is 0.481 e. The molecule has 0 spiro atoms. The summed E-state index contributed by atoms with van der Waals surface area (Å²) in [4.78, 5) is 13.3. The highest BCUT2D eigenvalue weighted by Crippen LogP contribution is 2.16. The van der Waals surface area contributed by atoms with Crippen molar-refractivity contribution in [2.75, 3.05) is 26.3 Å². The summed E-state index contributed by atoms with van der Waals surface area (Å²) < 4.78 is 10.8. The van der Waals surface area contributed by atoms with Crippen molar-refractivity contribution in [1.29, 1.82) is 0 Å². The van der Waals surface area contributed by atoms with Gasteiger partial charge < -0.3 is 15.2 Å². The van der Waals surface area contributed by atoms with Gasteiger partial charge in [0, 0.05) is 19.6 Å². The number of hydrogen-bond donors (Lipinski definition) is 1. The van der Waals surface area contributed by atoms with Crippen LogP contribution in [-0.2, 0) is 16.1 Å². The molecule has 1 aliphatic heterocycles. The van der Waals surface area contributed by atoms with Crippen molar-refractivity contribution >= 4 is 5.91 Å². The van der Waals surface area contributed by atoms with E-state index < -0.39 is 12.0 Å². The van der Waals surface area contributed by atoms with E-state index in [0.717, 1.165) is 38.4 Å². The van der Waals surface area contributed by atoms with Crippen molar-refractivity contribution in [3.8, 4) is 5.75 Å². The number of nitrogens with zero attached hydrogens (tertiary/aromatic N) is 1. The maximum atomic E-state index is 11.0. The van der Waals surface area contributed by atoms with Crippen LogP contribution >= 0.6 is 0 Å². The highest BCUT2D eigenvalue weighted by molar-refractivity contribution is 5.78. The molecule has 2 N–H and O–H groups in total. The van der Waals surface area contributed by atoms with E-state index in [9.17, 15) is 4.79 Å². The van der Waals surface area contributed by atoms with Crippen LogP contribution in [-0.4, -0.2) is 43.2 Å². The normalized spacial score (nSPS) is 17.9. The number of rotatable bonds is 5. The molecule has 2 rings (SSSR count). The molecule has 0 bridgehead atoms. The Morgan fingerprint density at radius 2 is 2.21 bits per heavy atom. The number of ether oxygens (including phenoxy) is 2. The number of nitrogens with two attached hydrogens (primary N) is 1. The van der Waals surface area contributed by atoms with Crippen LogP contribution in [0.4, 0.5) is 0 Å². The molecule has 1 amide bonds. The fourth-order valence-corrected chi connectivity index (χ4v) is 2.00. The maximum Gasteiger partial charge on any atom is 0.258 e. The second-order valence-electron chi connectivity index (χ2n) is 4.70. The van der Waals surface area contributed by atoms with Crippen LogP contribution in [0, 0.1) is 0 Å². The van der Waals surface area contributed by atoms with Gasteiger partial charge in [0.15, 0.2) is 6.10 Å². The van der Waals surface area contributed by atoms with Gasteiger partial charge in [-0.1, -0.05) is 12.1 Å². The lowest BCUT2D eigenvalue weighted by atomic mass is 10.2. The summed E-state index contributed by atoms with van der Waals surface area (Å²) in [5, 5.41) is 0. The molecule has 1 aromatic rings. The molecule has 104 valence electrons. The Morgan fingerprint density at radius 1 is 1.47 bits per heavy atom. The zero-order chi connectivity index (χ0) is 13.7. The third-order valence-electron chi connectivity index (χ3n) is 3.12. The lowest BCUT2D eigenvalue weighted by Gasteiger charge is -2.26. The average Bonchev–Trinajstić information content (AvgIpc) is 2.40. The number of amides is 1. The summed E-state index contributed by atoms with van der Waals surface area (Å²) in [6.45, 7) is 5.98. The number of benzene rings is 1. The molecule has 1 unspecified atom stereocenters. The van der Waals surface area contributed by atoms with Crippen LogP contribution in [0.15, 0.2) is 24.3 Å². The number of morpholine rings is 1. The Balaban J connectivity index is 1.96. The predicted molar refractivity (Wildman–Crippen MR) is 71.8 cm³/mol. The minimum absolute atomic E-state index is 0.460. The Kier molecular flexibility index (Phi) is 4.76. The summed E-state index contributed by atoms with van der Waals surface area (Å²) in [5.41, 5.74) is 6.35. The molecule has 1 saturated heterocycles. The van der Waals surface area contributed by atoms with E-state index in [1.54, 1.807) is 6.92 Å². The molecule has 5 heteroatoms. The Morgan fingerprint density at radius 3 is 2.89 bits per heavy atom. The van der Waals surface area contributed by atoms with Gasteiger partial charge in [-0.05, 0) is 24.6 Å². The molecular weight excluding hydrogens is 244 g/mol. The summed E-state index contributed by atoms with van der Waals surface area (Å²) in [5.74, 6) is 0.218. The lowest BCUT2D eigenvalue weighted by Crippen LogP contribution is -2.35. The number of carbonyl (C=O) groups is 1. The van der Waals surface area contributed by atoms with E-state index in [-0.39, 0.29) is 0 Å². The second-order valence-corrected chi connectivity index (χ2v) is 4.70. The fraction of sp³-hybridized carbons (Fsp3) is 0.500. The SMILES string of the molecule is CC(Oc1cccc(CN2CCOCC2)c1)C(N)=O. The zero-order valence-electron chi connectivity index (χ0n) is 11.2. The smallest absolute Gasteiger partial charge is 0.258 e. The zero-order valence-corrected chi connectivity index (χ0v) is 11.2. The van der Waals surface area contributed by atoms with E-state index >= 15 is 0 Å². The minimum Gasteiger partial charge on any atom is -0.481 e. The summed E-state index contributed by atoms with van der Waals surface area (Å²) >= 11 is 0. The minimum atomic E-state index is -0.612. The van der Waals surface area contributed by atoms with Crippen molar-refractivity contribution in [1.82, 2.24) is 4.90 Å². The van der Waals surface area contributed by atoms with Crippen LogP contribution in [0.5, 0.6) is 5.75 Å². The summed E-state index contributed by atoms with van der Waals surface area (Å²) in [6.07, 6.45) is -0.612. The molecule has 1 heterocycles. The van der Waals surface area contributed by atoms with Crippen LogP contribution in [0.3, 0.4) is 0 Å². The van der Waals surface area contributed by atoms with Crippen molar-refractivity contribution in [3.63, 3.8) is 0 Å². The van der Waals surface area contributed by atoms with Gasteiger partial charge in [0.1, 0.15) is 5.75 Å². The van der Waals surface area contributed by atoms with E-state index in [2.05, 4.69) is 11.0 Å².